The fourth-order valence-corrected chi connectivity index (χ4v) is 4.61. The van der Waals surface area contributed by atoms with Crippen molar-refractivity contribution in [2.45, 2.75) is 58.5 Å². The maximum Gasteiger partial charge on any atom is 0.227 e. The quantitative estimate of drug-likeness (QED) is 0.690. The smallest absolute Gasteiger partial charge is 0.227 e. The van der Waals surface area contributed by atoms with Crippen molar-refractivity contribution in [2.24, 2.45) is 5.92 Å². The van der Waals surface area contributed by atoms with Gasteiger partial charge >= 0.3 is 0 Å². The van der Waals surface area contributed by atoms with Crippen molar-refractivity contribution in [1.82, 2.24) is 14.7 Å². The molecule has 2 aliphatic heterocycles. The Morgan fingerprint density at radius 1 is 1.07 bits per heavy atom. The molecule has 0 N–H and O–H groups in total. The highest BCUT2D eigenvalue weighted by atomic mass is 16.2. The van der Waals surface area contributed by atoms with E-state index in [4.69, 9.17) is 0 Å². The zero-order chi connectivity index (χ0) is 19.9. The standard InChI is InChI=1S/C23H35N3O2/c1-3-12-25(13-4-2)23(28)20-16-22(27)26(18-20)21-10-14-24(15-11-21)17-19-8-6-5-7-9-19/h5-9,20-21H,3-4,10-18H2,1-2H3. The van der Waals surface area contributed by atoms with Crippen molar-refractivity contribution in [1.29, 1.82) is 0 Å². The number of amides is 2. The molecule has 1 aromatic carbocycles. The number of nitrogens with zero attached hydrogens (tertiary/aromatic N) is 3. The van der Waals surface area contributed by atoms with Gasteiger partial charge in [0.1, 0.15) is 0 Å². The van der Waals surface area contributed by atoms with Crippen LogP contribution < -0.4 is 0 Å². The van der Waals surface area contributed by atoms with E-state index in [1.807, 2.05) is 9.80 Å². The van der Waals surface area contributed by atoms with Crippen LogP contribution in [0.15, 0.2) is 30.3 Å². The van der Waals surface area contributed by atoms with Gasteiger partial charge in [0.2, 0.25) is 11.8 Å². The van der Waals surface area contributed by atoms with Gasteiger partial charge in [0.05, 0.1) is 5.92 Å². The number of benzene rings is 1. The second-order valence-corrected chi connectivity index (χ2v) is 8.27. The van der Waals surface area contributed by atoms with Gasteiger partial charge in [-0.15, -0.1) is 0 Å². The lowest BCUT2D eigenvalue weighted by Gasteiger charge is -2.37. The van der Waals surface area contributed by atoms with Crippen LogP contribution in [-0.4, -0.2) is 65.3 Å². The molecule has 1 unspecified atom stereocenters. The van der Waals surface area contributed by atoms with Gasteiger partial charge in [-0.2, -0.15) is 0 Å². The van der Waals surface area contributed by atoms with Crippen LogP contribution in [-0.2, 0) is 16.1 Å². The van der Waals surface area contributed by atoms with E-state index in [-0.39, 0.29) is 17.7 Å². The van der Waals surface area contributed by atoms with Crippen LogP contribution in [0, 0.1) is 5.92 Å². The molecule has 2 heterocycles. The number of hydrogen-bond acceptors (Lipinski definition) is 3. The Morgan fingerprint density at radius 3 is 2.32 bits per heavy atom. The second kappa shape index (κ2) is 10.1. The number of hydrogen-bond donors (Lipinski definition) is 0. The maximum absolute atomic E-state index is 12.9. The molecule has 2 saturated heterocycles. The molecule has 1 atom stereocenters. The van der Waals surface area contributed by atoms with E-state index in [1.165, 1.54) is 5.56 Å². The zero-order valence-corrected chi connectivity index (χ0v) is 17.5. The summed E-state index contributed by atoms with van der Waals surface area (Å²) in [6.07, 6.45) is 4.35. The minimum absolute atomic E-state index is 0.145. The number of carbonyl (C=O) groups is 2. The van der Waals surface area contributed by atoms with Gasteiger partial charge in [-0.1, -0.05) is 44.2 Å². The molecular formula is C23H35N3O2. The lowest BCUT2D eigenvalue weighted by atomic mass is 10.0. The van der Waals surface area contributed by atoms with Gasteiger partial charge in [0.25, 0.3) is 0 Å². The third kappa shape index (κ3) is 5.13. The van der Waals surface area contributed by atoms with Crippen LogP contribution in [0.5, 0.6) is 0 Å². The molecule has 0 aliphatic carbocycles. The summed E-state index contributed by atoms with van der Waals surface area (Å²) < 4.78 is 0. The van der Waals surface area contributed by atoms with E-state index in [1.54, 1.807) is 0 Å². The molecule has 2 aliphatic rings. The van der Waals surface area contributed by atoms with E-state index >= 15 is 0 Å². The van der Waals surface area contributed by atoms with Crippen molar-refractivity contribution in [2.75, 3.05) is 32.7 Å². The van der Waals surface area contributed by atoms with Crippen LogP contribution in [0.3, 0.4) is 0 Å². The van der Waals surface area contributed by atoms with Crippen LogP contribution in [0.25, 0.3) is 0 Å². The summed E-state index contributed by atoms with van der Waals surface area (Å²) in [5, 5.41) is 0. The van der Waals surface area contributed by atoms with Crippen molar-refractivity contribution >= 4 is 11.8 Å². The average molecular weight is 386 g/mol. The Kier molecular flexibility index (Phi) is 7.49. The number of piperidine rings is 1. The van der Waals surface area contributed by atoms with E-state index in [0.717, 1.165) is 58.4 Å². The Hall–Kier alpha value is -1.88. The first-order chi connectivity index (χ1) is 13.6. The average Bonchev–Trinajstić information content (AvgIpc) is 3.10. The third-order valence-electron chi connectivity index (χ3n) is 6.05. The summed E-state index contributed by atoms with van der Waals surface area (Å²) in [5.41, 5.74) is 1.34. The minimum Gasteiger partial charge on any atom is -0.342 e. The highest BCUT2D eigenvalue weighted by Gasteiger charge is 2.40. The van der Waals surface area contributed by atoms with Crippen LogP contribution in [0.4, 0.5) is 0 Å². The third-order valence-corrected chi connectivity index (χ3v) is 6.05. The molecule has 0 bridgehead atoms. The highest BCUT2D eigenvalue weighted by Crippen LogP contribution is 2.27. The molecule has 2 amide bonds. The SMILES string of the molecule is CCCN(CCC)C(=O)C1CC(=O)N(C2CCN(Cc3ccccc3)CC2)C1. The zero-order valence-electron chi connectivity index (χ0n) is 17.5. The van der Waals surface area contributed by atoms with Crippen molar-refractivity contribution in [3.63, 3.8) is 0 Å². The molecule has 0 spiro atoms. The molecule has 28 heavy (non-hydrogen) atoms. The Labute approximate surface area is 169 Å². The van der Waals surface area contributed by atoms with Crippen LogP contribution in [0.1, 0.15) is 51.5 Å². The maximum atomic E-state index is 12.9. The summed E-state index contributed by atoms with van der Waals surface area (Å²) >= 11 is 0. The predicted molar refractivity (Wildman–Crippen MR) is 112 cm³/mol. The largest absolute Gasteiger partial charge is 0.342 e. The fourth-order valence-electron chi connectivity index (χ4n) is 4.61. The molecular weight excluding hydrogens is 350 g/mol. The summed E-state index contributed by atoms with van der Waals surface area (Å²) in [7, 11) is 0. The molecule has 1 aromatic rings. The summed E-state index contributed by atoms with van der Waals surface area (Å²) in [5.74, 6) is 0.210. The Morgan fingerprint density at radius 2 is 1.71 bits per heavy atom. The number of likely N-dealkylation sites (tertiary alicyclic amines) is 2. The van der Waals surface area contributed by atoms with Crippen molar-refractivity contribution < 1.29 is 9.59 Å². The number of carbonyl (C=O) groups excluding carboxylic acids is 2. The molecule has 0 aromatic heterocycles. The van der Waals surface area contributed by atoms with Crippen molar-refractivity contribution in [3.8, 4) is 0 Å². The summed E-state index contributed by atoms with van der Waals surface area (Å²) in [6.45, 7) is 9.43. The minimum atomic E-state index is -0.145. The van der Waals surface area contributed by atoms with Gasteiger partial charge in [-0.05, 0) is 31.2 Å². The van der Waals surface area contributed by atoms with Gasteiger partial charge < -0.3 is 9.80 Å². The normalized spacial score (nSPS) is 21.3. The first-order valence-electron chi connectivity index (χ1n) is 11.0. The summed E-state index contributed by atoms with van der Waals surface area (Å²) in [4.78, 5) is 32.0. The van der Waals surface area contributed by atoms with Gasteiger partial charge in [0.15, 0.2) is 0 Å². The Bertz CT molecular complexity index is 635. The predicted octanol–water partition coefficient (Wildman–Crippen LogP) is 3.15. The molecule has 154 valence electrons. The molecule has 2 fully saturated rings. The summed E-state index contributed by atoms with van der Waals surface area (Å²) in [6, 6.07) is 10.9. The topological polar surface area (TPSA) is 43.9 Å². The first kappa shape index (κ1) is 20.8. The van der Waals surface area contributed by atoms with Gasteiger partial charge in [-0.25, -0.2) is 0 Å². The molecule has 0 radical (unpaired) electrons. The van der Waals surface area contributed by atoms with E-state index in [2.05, 4.69) is 49.1 Å². The molecule has 5 nitrogen and oxygen atoms in total. The van der Waals surface area contributed by atoms with Crippen LogP contribution >= 0.6 is 0 Å². The van der Waals surface area contributed by atoms with E-state index in [0.29, 0.717) is 19.0 Å². The van der Waals surface area contributed by atoms with Crippen molar-refractivity contribution in [3.05, 3.63) is 35.9 Å². The first-order valence-corrected chi connectivity index (χ1v) is 11.0. The van der Waals surface area contributed by atoms with Crippen LogP contribution in [0.2, 0.25) is 0 Å². The monoisotopic (exact) mass is 385 g/mol. The Balaban J connectivity index is 1.51. The second-order valence-electron chi connectivity index (χ2n) is 8.27. The number of rotatable bonds is 8. The highest BCUT2D eigenvalue weighted by molar-refractivity contribution is 5.89. The van der Waals surface area contributed by atoms with E-state index < -0.39 is 0 Å². The molecule has 3 rings (SSSR count). The fraction of sp³-hybridized carbons (Fsp3) is 0.652. The van der Waals surface area contributed by atoms with E-state index in [9.17, 15) is 9.59 Å². The molecule has 5 heteroatoms. The lowest BCUT2D eigenvalue weighted by Crippen LogP contribution is -2.46. The lowest BCUT2D eigenvalue weighted by molar-refractivity contribution is -0.136. The van der Waals surface area contributed by atoms with Gasteiger partial charge in [0, 0.05) is 51.7 Å². The molecule has 0 saturated carbocycles. The van der Waals surface area contributed by atoms with Gasteiger partial charge in [-0.3, -0.25) is 14.5 Å².